The molecule has 1 aliphatic heterocycles. The van der Waals surface area contributed by atoms with Crippen LogP contribution in [0.15, 0.2) is 87.1 Å². The van der Waals surface area contributed by atoms with Crippen LogP contribution in [0.1, 0.15) is 27.9 Å². The molecule has 1 aliphatic rings. The van der Waals surface area contributed by atoms with Crippen molar-refractivity contribution in [2.75, 3.05) is 12.0 Å². The fraction of sp³-hybridized carbons (Fsp3) is 0.120. The first-order valence-electron chi connectivity index (χ1n) is 9.98. The maximum atomic E-state index is 13.6. The molecular formula is C25H19NO6. The van der Waals surface area contributed by atoms with Crippen LogP contribution in [0.2, 0.25) is 0 Å². The molecule has 1 atom stereocenters. The molecule has 2 aromatic heterocycles. The van der Waals surface area contributed by atoms with Crippen LogP contribution in [-0.4, -0.2) is 23.9 Å². The molecule has 1 unspecified atom stereocenters. The van der Waals surface area contributed by atoms with Crippen molar-refractivity contribution < 1.29 is 28.3 Å². The zero-order chi connectivity index (χ0) is 22.4. The number of para-hydroxylation sites is 2. The lowest BCUT2D eigenvalue weighted by molar-refractivity contribution is -0.117. The number of amides is 1. The molecule has 1 N–H and O–H groups in total. The normalized spacial score (nSPS) is 16.2. The van der Waals surface area contributed by atoms with Gasteiger partial charge in [0.2, 0.25) is 5.78 Å². The summed E-state index contributed by atoms with van der Waals surface area (Å²) in [6, 6.07) is 16.5. The predicted molar refractivity (Wildman–Crippen MR) is 117 cm³/mol. The van der Waals surface area contributed by atoms with E-state index in [-0.39, 0.29) is 11.3 Å². The summed E-state index contributed by atoms with van der Waals surface area (Å²) in [7, 11) is 1.51. The number of aliphatic hydroxyl groups is 1. The fourth-order valence-corrected chi connectivity index (χ4v) is 4.08. The van der Waals surface area contributed by atoms with Crippen LogP contribution in [0, 0.1) is 6.92 Å². The number of hydrogen-bond acceptors (Lipinski definition) is 6. The van der Waals surface area contributed by atoms with E-state index in [1.54, 1.807) is 48.5 Å². The molecule has 0 radical (unpaired) electrons. The molecule has 0 saturated carbocycles. The Balaban J connectivity index is 1.66. The Hall–Kier alpha value is -4.26. The van der Waals surface area contributed by atoms with Crippen molar-refractivity contribution in [3.63, 3.8) is 0 Å². The summed E-state index contributed by atoms with van der Waals surface area (Å²) in [5.74, 6) is -1.10. The minimum Gasteiger partial charge on any atom is -0.503 e. The minimum atomic E-state index is -0.943. The summed E-state index contributed by atoms with van der Waals surface area (Å²) >= 11 is 0. The van der Waals surface area contributed by atoms with Gasteiger partial charge in [0.25, 0.3) is 5.91 Å². The highest BCUT2D eigenvalue weighted by Gasteiger charge is 2.47. The Kier molecular flexibility index (Phi) is 4.59. The van der Waals surface area contributed by atoms with E-state index in [0.717, 1.165) is 5.56 Å². The molecule has 2 aromatic carbocycles. The number of hydrogen-bond donors (Lipinski definition) is 1. The van der Waals surface area contributed by atoms with Gasteiger partial charge < -0.3 is 18.7 Å². The summed E-state index contributed by atoms with van der Waals surface area (Å²) in [5, 5.41) is 11.5. The second-order valence-corrected chi connectivity index (χ2v) is 7.46. The molecule has 0 spiro atoms. The molecule has 4 aromatic rings. The number of benzene rings is 2. The molecular weight excluding hydrogens is 410 g/mol. The van der Waals surface area contributed by atoms with Gasteiger partial charge in [-0.2, -0.15) is 0 Å². The second-order valence-electron chi connectivity index (χ2n) is 7.46. The summed E-state index contributed by atoms with van der Waals surface area (Å²) < 4.78 is 16.7. The van der Waals surface area contributed by atoms with Gasteiger partial charge in [0.1, 0.15) is 11.8 Å². The second kappa shape index (κ2) is 7.46. The zero-order valence-electron chi connectivity index (χ0n) is 17.4. The van der Waals surface area contributed by atoms with Crippen LogP contribution >= 0.6 is 0 Å². The standard InChI is InChI=1S/C25H19NO6/c1-14-7-3-4-9-16(14)26-21(17-11-6-12-31-17)20(23(28)25(26)29)22(27)19-13-15-8-5-10-18(30-2)24(15)32-19/h3-13,21,28H,1-2H3. The predicted octanol–water partition coefficient (Wildman–Crippen LogP) is 5.13. The number of anilines is 1. The first-order chi connectivity index (χ1) is 15.5. The molecule has 32 heavy (non-hydrogen) atoms. The van der Waals surface area contributed by atoms with E-state index in [2.05, 4.69) is 0 Å². The van der Waals surface area contributed by atoms with Gasteiger partial charge in [0.05, 0.1) is 18.9 Å². The Morgan fingerprint density at radius 3 is 2.62 bits per heavy atom. The fourth-order valence-electron chi connectivity index (χ4n) is 4.08. The molecule has 0 fully saturated rings. The van der Waals surface area contributed by atoms with Crippen LogP contribution in [0.5, 0.6) is 5.75 Å². The first kappa shape index (κ1) is 19.7. The summed E-state index contributed by atoms with van der Waals surface area (Å²) in [6.07, 6.45) is 1.46. The van der Waals surface area contributed by atoms with Crippen molar-refractivity contribution in [3.8, 4) is 5.75 Å². The third kappa shape index (κ3) is 2.90. The highest BCUT2D eigenvalue weighted by Crippen LogP contribution is 2.43. The van der Waals surface area contributed by atoms with E-state index in [9.17, 15) is 14.7 Å². The number of ketones is 1. The van der Waals surface area contributed by atoms with Crippen LogP contribution in [-0.2, 0) is 4.79 Å². The molecule has 0 bridgehead atoms. The largest absolute Gasteiger partial charge is 0.503 e. The quantitative estimate of drug-likeness (QED) is 0.442. The summed E-state index contributed by atoms with van der Waals surface area (Å²) in [4.78, 5) is 28.1. The third-order valence-electron chi connectivity index (χ3n) is 5.59. The van der Waals surface area contributed by atoms with E-state index >= 15 is 0 Å². The number of rotatable bonds is 5. The lowest BCUT2D eigenvalue weighted by atomic mass is 9.99. The Morgan fingerprint density at radius 1 is 1.09 bits per heavy atom. The van der Waals surface area contributed by atoms with E-state index in [1.165, 1.54) is 18.3 Å². The number of carbonyl (C=O) groups is 2. The van der Waals surface area contributed by atoms with Crippen molar-refractivity contribution in [2.24, 2.45) is 0 Å². The zero-order valence-corrected chi connectivity index (χ0v) is 17.4. The van der Waals surface area contributed by atoms with Crippen molar-refractivity contribution in [1.29, 1.82) is 0 Å². The SMILES string of the molecule is COc1cccc2cc(C(=O)C3=C(O)C(=O)N(c4ccccc4C)C3c3ccco3)oc12. The van der Waals surface area contributed by atoms with Gasteiger partial charge in [-0.15, -0.1) is 0 Å². The van der Waals surface area contributed by atoms with Gasteiger partial charge in [0, 0.05) is 11.1 Å². The lowest BCUT2D eigenvalue weighted by Crippen LogP contribution is -2.31. The molecule has 0 aliphatic carbocycles. The maximum Gasteiger partial charge on any atom is 0.294 e. The van der Waals surface area contributed by atoms with Crippen molar-refractivity contribution in [1.82, 2.24) is 0 Å². The van der Waals surface area contributed by atoms with Gasteiger partial charge in [-0.3, -0.25) is 14.5 Å². The number of ether oxygens (including phenoxy) is 1. The monoisotopic (exact) mass is 429 g/mol. The number of fused-ring (bicyclic) bond motifs is 1. The molecule has 1 amide bonds. The van der Waals surface area contributed by atoms with Crippen LogP contribution in [0.3, 0.4) is 0 Å². The van der Waals surface area contributed by atoms with Crippen molar-refractivity contribution >= 4 is 28.3 Å². The van der Waals surface area contributed by atoms with Crippen LogP contribution in [0.4, 0.5) is 5.69 Å². The first-order valence-corrected chi connectivity index (χ1v) is 9.98. The van der Waals surface area contributed by atoms with E-state index in [1.807, 2.05) is 19.1 Å². The van der Waals surface area contributed by atoms with Gasteiger partial charge >= 0.3 is 0 Å². The van der Waals surface area contributed by atoms with Gasteiger partial charge in [-0.25, -0.2) is 0 Å². The van der Waals surface area contributed by atoms with Crippen LogP contribution in [0.25, 0.3) is 11.0 Å². The van der Waals surface area contributed by atoms with Gasteiger partial charge in [-0.05, 0) is 42.8 Å². The molecule has 5 rings (SSSR count). The highest BCUT2D eigenvalue weighted by molar-refractivity contribution is 6.20. The molecule has 0 saturated heterocycles. The van der Waals surface area contributed by atoms with Gasteiger partial charge in [0.15, 0.2) is 22.9 Å². The Morgan fingerprint density at radius 2 is 1.91 bits per heavy atom. The number of nitrogens with zero attached hydrogens (tertiary/aromatic N) is 1. The number of methoxy groups -OCH3 is 1. The smallest absolute Gasteiger partial charge is 0.294 e. The molecule has 7 heteroatoms. The highest BCUT2D eigenvalue weighted by atomic mass is 16.5. The Labute approximate surface area is 183 Å². The number of Topliss-reactive ketones (excluding diaryl/α,β-unsaturated/α-hetero) is 1. The minimum absolute atomic E-state index is 0.0120. The Bertz CT molecular complexity index is 1380. The van der Waals surface area contributed by atoms with Crippen molar-refractivity contribution in [2.45, 2.75) is 13.0 Å². The van der Waals surface area contributed by atoms with Crippen molar-refractivity contribution in [3.05, 3.63) is 95.3 Å². The van der Waals surface area contributed by atoms with E-state index in [4.69, 9.17) is 13.6 Å². The van der Waals surface area contributed by atoms with E-state index < -0.39 is 23.5 Å². The van der Waals surface area contributed by atoms with Crippen LogP contribution < -0.4 is 9.64 Å². The number of aryl methyl sites for hydroxylation is 1. The van der Waals surface area contributed by atoms with E-state index in [0.29, 0.717) is 28.2 Å². The number of aliphatic hydroxyl groups excluding tert-OH is 1. The topological polar surface area (TPSA) is 93.1 Å². The third-order valence-corrected chi connectivity index (χ3v) is 5.59. The summed E-state index contributed by atoms with van der Waals surface area (Å²) in [6.45, 7) is 1.85. The molecule has 7 nitrogen and oxygen atoms in total. The average molecular weight is 429 g/mol. The number of furan rings is 2. The summed E-state index contributed by atoms with van der Waals surface area (Å²) in [5.41, 5.74) is 1.69. The average Bonchev–Trinajstić information content (AvgIpc) is 3.53. The lowest BCUT2D eigenvalue weighted by Gasteiger charge is -2.26. The molecule has 160 valence electrons. The van der Waals surface area contributed by atoms with Gasteiger partial charge in [-0.1, -0.05) is 30.3 Å². The number of carbonyl (C=O) groups excluding carboxylic acids is 2. The maximum absolute atomic E-state index is 13.6. The molecule has 3 heterocycles.